The maximum atomic E-state index is 14.0. The maximum absolute atomic E-state index is 14.0. The Morgan fingerprint density at radius 2 is 1.67 bits per heavy atom. The zero-order valence-electron chi connectivity index (χ0n) is 23.3. The van der Waals surface area contributed by atoms with Gasteiger partial charge in [0.25, 0.3) is 0 Å². The number of halogens is 3. The van der Waals surface area contributed by atoms with Crippen molar-refractivity contribution >= 4 is 41.7 Å². The lowest BCUT2D eigenvalue weighted by Gasteiger charge is -2.26. The first-order valence-electron chi connectivity index (χ1n) is 13.3. The summed E-state index contributed by atoms with van der Waals surface area (Å²) in [4.78, 5) is 23.1. The van der Waals surface area contributed by atoms with Crippen LogP contribution in [-0.4, -0.2) is 70.1 Å². The van der Waals surface area contributed by atoms with Gasteiger partial charge < -0.3 is 21.3 Å². The Hall–Kier alpha value is -2.23. The third-order valence-electron chi connectivity index (χ3n) is 6.06. The minimum Gasteiger partial charge on any atom is -0.357 e. The molecule has 39 heavy (non-hydrogen) atoms. The molecule has 216 valence electrons. The predicted octanol–water partition coefficient (Wildman–Crippen LogP) is 4.86. The molecular formula is C29H42Cl2FN5O2. The number of amides is 2. The lowest BCUT2D eigenvalue weighted by Crippen LogP contribution is -2.45. The molecule has 0 bridgehead atoms. The molecule has 7 nitrogen and oxygen atoms in total. The average Bonchev–Trinajstić information content (AvgIpc) is 3.36. The zero-order chi connectivity index (χ0) is 28.8. The highest BCUT2D eigenvalue weighted by Gasteiger charge is 2.32. The van der Waals surface area contributed by atoms with E-state index in [1.807, 2.05) is 24.3 Å². The Morgan fingerprint density at radius 3 is 2.28 bits per heavy atom. The number of benzene rings is 2. The molecule has 2 aliphatic heterocycles. The van der Waals surface area contributed by atoms with Gasteiger partial charge in [-0.15, -0.1) is 0 Å². The molecule has 0 aromatic heterocycles. The van der Waals surface area contributed by atoms with Gasteiger partial charge in [0.15, 0.2) is 0 Å². The summed E-state index contributed by atoms with van der Waals surface area (Å²) < 4.78 is 14.0. The van der Waals surface area contributed by atoms with E-state index in [0.29, 0.717) is 29.1 Å². The van der Waals surface area contributed by atoms with Crippen LogP contribution in [0.15, 0.2) is 36.4 Å². The number of rotatable bonds is 8. The van der Waals surface area contributed by atoms with Crippen molar-refractivity contribution in [3.05, 3.63) is 63.4 Å². The van der Waals surface area contributed by atoms with Crippen LogP contribution in [0.3, 0.4) is 0 Å². The molecular weight excluding hydrogens is 540 g/mol. The van der Waals surface area contributed by atoms with Crippen molar-refractivity contribution in [1.82, 2.24) is 20.9 Å². The number of piperazine rings is 1. The van der Waals surface area contributed by atoms with E-state index in [4.69, 9.17) is 23.2 Å². The quantitative estimate of drug-likeness (QED) is 0.264. The van der Waals surface area contributed by atoms with Gasteiger partial charge in [-0.25, -0.2) is 4.39 Å². The normalized spacial score (nSPS) is 19.2. The highest BCUT2D eigenvalue weighted by atomic mass is 35.5. The molecule has 2 aliphatic rings. The standard InChI is InChI=1S/C17H15Cl2FN2O.C7H15N3O.C5H12/c18-11-3-1-2-10(4-11)13-7-21-8-14(13)12-5-16(20)15(19)6-17(12)22-9-23;11-7-9-3-6-10-4-1-8-2-5-10;1-5(2,3)4/h1-6,9,13-14,21H,7-8H2,(H,22,23);7-8H,1-6H2,(H,9,11);1-4H3. The maximum Gasteiger partial charge on any atom is 0.211 e. The van der Waals surface area contributed by atoms with Crippen LogP contribution in [0.1, 0.15) is 50.7 Å². The Morgan fingerprint density at radius 1 is 1.00 bits per heavy atom. The summed E-state index contributed by atoms with van der Waals surface area (Å²) in [6, 6.07) is 10.5. The smallest absolute Gasteiger partial charge is 0.211 e. The number of hydrogen-bond donors (Lipinski definition) is 4. The van der Waals surface area contributed by atoms with Crippen molar-refractivity contribution in [2.45, 2.75) is 39.5 Å². The molecule has 2 fully saturated rings. The van der Waals surface area contributed by atoms with Crippen molar-refractivity contribution in [2.24, 2.45) is 5.41 Å². The third kappa shape index (κ3) is 12.2. The first-order valence-corrected chi connectivity index (χ1v) is 14.0. The Bertz CT molecular complexity index is 1040. The lowest BCUT2D eigenvalue weighted by atomic mass is 9.83. The lowest BCUT2D eigenvalue weighted by molar-refractivity contribution is -0.109. The first kappa shape index (κ1) is 33.0. The van der Waals surface area contributed by atoms with Gasteiger partial charge in [0, 0.05) is 74.9 Å². The molecule has 10 heteroatoms. The van der Waals surface area contributed by atoms with E-state index in [1.165, 1.54) is 12.1 Å². The van der Waals surface area contributed by atoms with Crippen LogP contribution < -0.4 is 21.3 Å². The topological polar surface area (TPSA) is 85.5 Å². The largest absolute Gasteiger partial charge is 0.357 e. The second-order valence-corrected chi connectivity index (χ2v) is 12.0. The molecule has 4 N–H and O–H groups in total. The number of hydrogen-bond acceptors (Lipinski definition) is 5. The molecule has 2 unspecified atom stereocenters. The van der Waals surface area contributed by atoms with Crippen LogP contribution in [0, 0.1) is 11.2 Å². The van der Waals surface area contributed by atoms with Crippen molar-refractivity contribution in [3.8, 4) is 0 Å². The van der Waals surface area contributed by atoms with Crippen molar-refractivity contribution < 1.29 is 14.0 Å². The fourth-order valence-electron chi connectivity index (χ4n) is 4.37. The van der Waals surface area contributed by atoms with Crippen LogP contribution in [0.2, 0.25) is 10.0 Å². The highest BCUT2D eigenvalue weighted by molar-refractivity contribution is 6.31. The molecule has 0 spiro atoms. The van der Waals surface area contributed by atoms with Gasteiger partial charge >= 0.3 is 0 Å². The van der Waals surface area contributed by atoms with E-state index in [2.05, 4.69) is 53.9 Å². The van der Waals surface area contributed by atoms with Gasteiger partial charge in [-0.3, -0.25) is 14.5 Å². The Balaban J connectivity index is 0.000000276. The summed E-state index contributed by atoms with van der Waals surface area (Å²) in [5, 5.41) is 12.5. The van der Waals surface area contributed by atoms with Gasteiger partial charge in [-0.05, 0) is 40.8 Å². The number of nitrogens with zero attached hydrogens (tertiary/aromatic N) is 1. The summed E-state index contributed by atoms with van der Waals surface area (Å²) in [6.07, 6.45) is 1.33. The summed E-state index contributed by atoms with van der Waals surface area (Å²) in [5.74, 6) is -0.334. The van der Waals surface area contributed by atoms with Gasteiger partial charge in [0.05, 0.1) is 5.02 Å². The third-order valence-corrected chi connectivity index (χ3v) is 6.59. The Kier molecular flexibility index (Phi) is 14.2. The van der Waals surface area contributed by atoms with E-state index in [9.17, 15) is 14.0 Å². The molecule has 2 aromatic carbocycles. The van der Waals surface area contributed by atoms with Gasteiger partial charge in [-0.1, -0.05) is 63.0 Å². The molecule has 0 radical (unpaired) electrons. The molecule has 2 atom stereocenters. The minimum absolute atomic E-state index is 0.0108. The predicted molar refractivity (Wildman–Crippen MR) is 159 cm³/mol. The number of carbonyl (C=O) groups excluding carboxylic acids is 2. The van der Waals surface area contributed by atoms with Crippen LogP contribution in [0.25, 0.3) is 0 Å². The molecule has 2 saturated heterocycles. The first-order chi connectivity index (χ1) is 18.5. The molecule has 2 aromatic rings. The van der Waals surface area contributed by atoms with Crippen LogP contribution >= 0.6 is 23.2 Å². The van der Waals surface area contributed by atoms with Crippen LogP contribution in [-0.2, 0) is 9.59 Å². The van der Waals surface area contributed by atoms with E-state index in [1.54, 1.807) is 0 Å². The molecule has 0 saturated carbocycles. The molecule has 0 aliphatic carbocycles. The van der Waals surface area contributed by atoms with E-state index >= 15 is 0 Å². The van der Waals surface area contributed by atoms with Gasteiger partial charge in [-0.2, -0.15) is 0 Å². The fraction of sp³-hybridized carbons (Fsp3) is 0.517. The molecule has 2 amide bonds. The van der Waals surface area contributed by atoms with Crippen molar-refractivity contribution in [1.29, 1.82) is 0 Å². The fourth-order valence-corrected chi connectivity index (χ4v) is 4.73. The van der Waals surface area contributed by atoms with Gasteiger partial charge in [0.2, 0.25) is 12.8 Å². The summed E-state index contributed by atoms with van der Waals surface area (Å²) in [7, 11) is 0. The Labute approximate surface area is 242 Å². The SMILES string of the molecule is CC(C)(C)C.O=CNCCN1CCNCC1.O=CNc1cc(Cl)c(F)cc1C1CNCC1c1cccc(Cl)c1. The van der Waals surface area contributed by atoms with Crippen molar-refractivity contribution in [3.63, 3.8) is 0 Å². The summed E-state index contributed by atoms with van der Waals surface area (Å²) in [5.41, 5.74) is 2.85. The monoisotopic (exact) mass is 581 g/mol. The minimum atomic E-state index is -0.491. The zero-order valence-corrected chi connectivity index (χ0v) is 24.8. The second kappa shape index (κ2) is 16.8. The molecule has 4 rings (SSSR count). The number of carbonyl (C=O) groups is 2. The molecule has 2 heterocycles. The number of anilines is 1. The van der Waals surface area contributed by atoms with E-state index < -0.39 is 5.82 Å². The second-order valence-electron chi connectivity index (χ2n) is 11.2. The average molecular weight is 583 g/mol. The summed E-state index contributed by atoms with van der Waals surface area (Å²) >= 11 is 11.9. The van der Waals surface area contributed by atoms with Crippen LogP contribution in [0.5, 0.6) is 0 Å². The van der Waals surface area contributed by atoms with E-state index in [-0.39, 0.29) is 16.9 Å². The van der Waals surface area contributed by atoms with Crippen LogP contribution in [0.4, 0.5) is 10.1 Å². The van der Waals surface area contributed by atoms with E-state index in [0.717, 1.165) is 63.4 Å². The van der Waals surface area contributed by atoms with Gasteiger partial charge in [0.1, 0.15) is 5.82 Å². The highest BCUT2D eigenvalue weighted by Crippen LogP contribution is 2.41. The van der Waals surface area contributed by atoms with Crippen molar-refractivity contribution in [2.75, 3.05) is 57.7 Å². The summed E-state index contributed by atoms with van der Waals surface area (Å²) in [6.45, 7) is 16.3. The number of nitrogens with one attached hydrogen (secondary N) is 4.